The second-order valence-corrected chi connectivity index (χ2v) is 5.71. The standard InChI is InChI=1S/C15H18N4O4S/c1-23-8-7-16-12(20)5-4-10-9-24-15(18-10)19-14(22)11-3-2-6-17-13(11)21/h2-3,6,9H,4-5,7-8H2,1H3,(H,16,20)(H,17,21)(H,18,19,22). The number of hydrogen-bond donors (Lipinski definition) is 3. The van der Waals surface area contributed by atoms with Crippen molar-refractivity contribution in [2.45, 2.75) is 12.8 Å². The van der Waals surface area contributed by atoms with E-state index in [4.69, 9.17) is 4.74 Å². The minimum absolute atomic E-state index is 0.0202. The van der Waals surface area contributed by atoms with Gasteiger partial charge in [-0.15, -0.1) is 11.3 Å². The Bertz CT molecular complexity index is 756. The van der Waals surface area contributed by atoms with E-state index in [-0.39, 0.29) is 11.5 Å². The Morgan fingerprint density at radius 1 is 1.42 bits per heavy atom. The minimum atomic E-state index is -0.518. The number of H-pyrrole nitrogens is 1. The minimum Gasteiger partial charge on any atom is -0.383 e. The molecular weight excluding hydrogens is 332 g/mol. The molecule has 0 saturated carbocycles. The lowest BCUT2D eigenvalue weighted by Crippen LogP contribution is -2.27. The third kappa shape index (κ3) is 5.28. The number of aromatic amines is 1. The summed E-state index contributed by atoms with van der Waals surface area (Å²) >= 11 is 1.24. The molecule has 0 bridgehead atoms. The number of pyridine rings is 1. The van der Waals surface area contributed by atoms with Crippen LogP contribution < -0.4 is 16.2 Å². The van der Waals surface area contributed by atoms with Crippen LogP contribution in [-0.4, -0.2) is 42.0 Å². The zero-order valence-electron chi connectivity index (χ0n) is 13.1. The Labute approximate surface area is 142 Å². The topological polar surface area (TPSA) is 113 Å². The molecule has 0 atom stereocenters. The summed E-state index contributed by atoms with van der Waals surface area (Å²) in [5.41, 5.74) is 0.269. The van der Waals surface area contributed by atoms with Crippen LogP contribution in [0.5, 0.6) is 0 Å². The Balaban J connectivity index is 1.85. The molecule has 2 heterocycles. The van der Waals surface area contributed by atoms with Crippen LogP contribution in [0.3, 0.4) is 0 Å². The molecule has 2 aromatic heterocycles. The summed E-state index contributed by atoms with van der Waals surface area (Å²) in [5.74, 6) is -0.600. The van der Waals surface area contributed by atoms with Crippen molar-refractivity contribution in [3.63, 3.8) is 0 Å². The number of amides is 2. The summed E-state index contributed by atoms with van der Waals surface area (Å²) in [6, 6.07) is 3.01. The molecule has 0 aliphatic heterocycles. The van der Waals surface area contributed by atoms with E-state index in [1.807, 2.05) is 0 Å². The maximum Gasteiger partial charge on any atom is 0.263 e. The summed E-state index contributed by atoms with van der Waals surface area (Å²) in [7, 11) is 1.57. The molecule has 0 saturated heterocycles. The van der Waals surface area contributed by atoms with E-state index < -0.39 is 11.5 Å². The summed E-state index contributed by atoms with van der Waals surface area (Å²) in [5, 5.41) is 7.46. The van der Waals surface area contributed by atoms with Crippen LogP contribution in [-0.2, 0) is 16.0 Å². The fourth-order valence-electron chi connectivity index (χ4n) is 1.87. The molecule has 2 rings (SSSR count). The number of nitrogens with one attached hydrogen (secondary N) is 3. The van der Waals surface area contributed by atoms with E-state index in [1.165, 1.54) is 23.6 Å². The summed E-state index contributed by atoms with van der Waals surface area (Å²) in [6.07, 6.45) is 2.23. The maximum absolute atomic E-state index is 12.0. The molecule has 8 nitrogen and oxygen atoms in total. The average Bonchev–Trinajstić information content (AvgIpc) is 3.01. The van der Waals surface area contributed by atoms with Gasteiger partial charge in [0.1, 0.15) is 5.56 Å². The molecule has 128 valence electrons. The second kappa shape index (κ2) is 8.94. The van der Waals surface area contributed by atoms with E-state index >= 15 is 0 Å². The lowest BCUT2D eigenvalue weighted by Gasteiger charge is -2.03. The smallest absolute Gasteiger partial charge is 0.263 e. The van der Waals surface area contributed by atoms with Crippen LogP contribution >= 0.6 is 11.3 Å². The highest BCUT2D eigenvalue weighted by Crippen LogP contribution is 2.17. The van der Waals surface area contributed by atoms with Crippen molar-refractivity contribution in [1.82, 2.24) is 15.3 Å². The van der Waals surface area contributed by atoms with Crippen molar-refractivity contribution in [2.75, 3.05) is 25.6 Å². The van der Waals surface area contributed by atoms with E-state index in [9.17, 15) is 14.4 Å². The van der Waals surface area contributed by atoms with Crippen LogP contribution in [0.25, 0.3) is 0 Å². The number of anilines is 1. The van der Waals surface area contributed by atoms with Crippen molar-refractivity contribution in [3.8, 4) is 0 Å². The summed E-state index contributed by atoms with van der Waals surface area (Å²) in [6.45, 7) is 0.941. The number of nitrogens with zero attached hydrogens (tertiary/aromatic N) is 1. The van der Waals surface area contributed by atoms with Gasteiger partial charge in [0, 0.05) is 31.7 Å². The molecule has 0 radical (unpaired) electrons. The predicted octanol–water partition coefficient (Wildman–Crippen LogP) is 0.779. The van der Waals surface area contributed by atoms with Crippen LogP contribution in [0, 0.1) is 0 Å². The van der Waals surface area contributed by atoms with Gasteiger partial charge in [0.15, 0.2) is 5.13 Å². The van der Waals surface area contributed by atoms with E-state index in [2.05, 4.69) is 20.6 Å². The number of methoxy groups -OCH3 is 1. The van der Waals surface area contributed by atoms with Crippen molar-refractivity contribution in [1.29, 1.82) is 0 Å². The number of hydrogen-bond acceptors (Lipinski definition) is 6. The third-order valence-corrected chi connectivity index (χ3v) is 3.88. The first-order valence-electron chi connectivity index (χ1n) is 7.29. The number of rotatable bonds is 8. The lowest BCUT2D eigenvalue weighted by atomic mass is 10.2. The normalized spacial score (nSPS) is 10.4. The zero-order chi connectivity index (χ0) is 17.4. The Kier molecular flexibility index (Phi) is 6.64. The van der Waals surface area contributed by atoms with Gasteiger partial charge in [-0.2, -0.15) is 0 Å². The zero-order valence-corrected chi connectivity index (χ0v) is 13.9. The first-order valence-corrected chi connectivity index (χ1v) is 8.17. The second-order valence-electron chi connectivity index (χ2n) is 4.85. The molecule has 0 aliphatic carbocycles. The first-order chi connectivity index (χ1) is 11.6. The van der Waals surface area contributed by atoms with E-state index in [1.54, 1.807) is 18.6 Å². The van der Waals surface area contributed by atoms with Gasteiger partial charge in [-0.3, -0.25) is 19.7 Å². The van der Waals surface area contributed by atoms with Crippen molar-refractivity contribution in [3.05, 3.63) is 45.3 Å². The number of carbonyl (C=O) groups is 2. The largest absolute Gasteiger partial charge is 0.383 e. The number of aromatic nitrogens is 2. The van der Waals surface area contributed by atoms with Gasteiger partial charge in [-0.1, -0.05) is 0 Å². The SMILES string of the molecule is COCCNC(=O)CCc1csc(NC(=O)c2ccc[nH]c2=O)n1. The Morgan fingerprint density at radius 3 is 3.00 bits per heavy atom. The van der Waals surface area contributed by atoms with E-state index in [0.29, 0.717) is 36.8 Å². The van der Waals surface area contributed by atoms with Crippen LogP contribution in [0.4, 0.5) is 5.13 Å². The maximum atomic E-state index is 12.0. The first kappa shape index (κ1) is 17.8. The van der Waals surface area contributed by atoms with Crippen LogP contribution in [0.1, 0.15) is 22.5 Å². The highest BCUT2D eigenvalue weighted by molar-refractivity contribution is 7.13. The van der Waals surface area contributed by atoms with Gasteiger partial charge in [0.05, 0.1) is 12.3 Å². The molecule has 0 fully saturated rings. The number of ether oxygens (including phenoxy) is 1. The number of thiazole rings is 1. The Morgan fingerprint density at radius 2 is 2.25 bits per heavy atom. The Hall–Kier alpha value is -2.52. The van der Waals surface area contributed by atoms with Gasteiger partial charge < -0.3 is 15.0 Å². The molecular formula is C15H18N4O4S. The summed E-state index contributed by atoms with van der Waals surface area (Å²) in [4.78, 5) is 41.9. The molecule has 2 aromatic rings. The molecule has 0 unspecified atom stereocenters. The molecule has 24 heavy (non-hydrogen) atoms. The van der Waals surface area contributed by atoms with Crippen molar-refractivity contribution in [2.24, 2.45) is 0 Å². The average molecular weight is 350 g/mol. The van der Waals surface area contributed by atoms with Gasteiger partial charge >= 0.3 is 0 Å². The van der Waals surface area contributed by atoms with Gasteiger partial charge in [-0.25, -0.2) is 4.98 Å². The molecule has 0 aliphatic rings. The quantitative estimate of drug-likeness (QED) is 0.609. The van der Waals surface area contributed by atoms with Crippen molar-refractivity contribution >= 4 is 28.3 Å². The van der Waals surface area contributed by atoms with Crippen LogP contribution in [0.2, 0.25) is 0 Å². The third-order valence-electron chi connectivity index (χ3n) is 3.07. The molecule has 3 N–H and O–H groups in total. The van der Waals surface area contributed by atoms with Crippen LogP contribution in [0.15, 0.2) is 28.5 Å². The molecule has 2 amide bonds. The fraction of sp³-hybridized carbons (Fsp3) is 0.333. The van der Waals surface area contributed by atoms with Gasteiger partial charge in [0.2, 0.25) is 5.91 Å². The highest BCUT2D eigenvalue weighted by Gasteiger charge is 2.12. The van der Waals surface area contributed by atoms with Crippen molar-refractivity contribution < 1.29 is 14.3 Å². The fourth-order valence-corrected chi connectivity index (χ4v) is 2.61. The molecule has 0 spiro atoms. The molecule has 9 heteroatoms. The highest BCUT2D eigenvalue weighted by atomic mass is 32.1. The van der Waals surface area contributed by atoms with E-state index in [0.717, 1.165) is 0 Å². The lowest BCUT2D eigenvalue weighted by molar-refractivity contribution is -0.121. The molecule has 0 aromatic carbocycles. The predicted molar refractivity (Wildman–Crippen MR) is 90.3 cm³/mol. The number of carbonyl (C=O) groups excluding carboxylic acids is 2. The number of aryl methyl sites for hydroxylation is 1. The monoisotopic (exact) mass is 350 g/mol. The summed E-state index contributed by atoms with van der Waals surface area (Å²) < 4.78 is 4.85. The van der Waals surface area contributed by atoms with Gasteiger partial charge in [0.25, 0.3) is 11.5 Å². The van der Waals surface area contributed by atoms with Gasteiger partial charge in [-0.05, 0) is 18.6 Å².